The Bertz CT molecular complexity index is 1480. The van der Waals surface area contributed by atoms with Gasteiger partial charge >= 0.3 is 5.97 Å². The highest BCUT2D eigenvalue weighted by molar-refractivity contribution is 7.89. The lowest BCUT2D eigenvalue weighted by molar-refractivity contribution is 0.0684. The van der Waals surface area contributed by atoms with Crippen molar-refractivity contribution in [3.63, 3.8) is 0 Å². The maximum atomic E-state index is 14.6. The fourth-order valence-electron chi connectivity index (χ4n) is 3.82. The van der Waals surface area contributed by atoms with E-state index in [9.17, 15) is 22.7 Å². The molecule has 0 aliphatic heterocycles. The summed E-state index contributed by atoms with van der Waals surface area (Å²) in [6.07, 6.45) is 0.517. The van der Waals surface area contributed by atoms with Crippen molar-refractivity contribution in [2.45, 2.75) is 17.9 Å². The van der Waals surface area contributed by atoms with Crippen molar-refractivity contribution in [2.75, 3.05) is 7.11 Å². The quantitative estimate of drug-likeness (QED) is 0.381. The van der Waals surface area contributed by atoms with Crippen molar-refractivity contribution >= 4 is 16.0 Å². The summed E-state index contributed by atoms with van der Waals surface area (Å²) < 4.78 is 44.3. The van der Waals surface area contributed by atoms with Crippen LogP contribution in [0.1, 0.15) is 16.1 Å². The summed E-state index contributed by atoms with van der Waals surface area (Å²) >= 11 is 0. The molecule has 4 rings (SSSR count). The molecular formula is C25H22FN3O5S. The van der Waals surface area contributed by atoms with Gasteiger partial charge in [0.15, 0.2) is 17.3 Å². The van der Waals surface area contributed by atoms with Crippen molar-refractivity contribution in [2.24, 2.45) is 5.14 Å². The van der Waals surface area contributed by atoms with Crippen LogP contribution in [0, 0.1) is 5.82 Å². The minimum atomic E-state index is -3.92. The summed E-state index contributed by atoms with van der Waals surface area (Å²) in [7, 11) is -2.58. The Morgan fingerprint density at radius 2 is 1.71 bits per heavy atom. The molecule has 1 aromatic heterocycles. The van der Waals surface area contributed by atoms with Crippen LogP contribution in [-0.4, -0.2) is 36.4 Å². The highest BCUT2D eigenvalue weighted by atomic mass is 32.2. The summed E-state index contributed by atoms with van der Waals surface area (Å²) in [6.45, 7) is 0.256. The zero-order valence-corrected chi connectivity index (χ0v) is 19.5. The van der Waals surface area contributed by atoms with Gasteiger partial charge in [-0.05, 0) is 41.8 Å². The van der Waals surface area contributed by atoms with E-state index in [-0.39, 0.29) is 39.7 Å². The van der Waals surface area contributed by atoms with Crippen LogP contribution in [0.3, 0.4) is 0 Å². The number of carboxylic acids is 1. The standard InChI is InChI=1S/C25H22FN3O5S/c1-34-21-12-9-18(15-20(21)26)22-23(17-7-10-19(11-8-17)35(27,32)33)28-29(24(22)25(30)31)14-13-16-5-3-2-4-6-16/h2-12,15H,13-14H2,1H3,(H,30,31)(H2,27,32,33). The second-order valence-corrected chi connectivity index (χ2v) is 9.32. The van der Waals surface area contributed by atoms with Crippen molar-refractivity contribution < 1.29 is 27.4 Å². The molecule has 0 saturated carbocycles. The predicted molar refractivity (Wildman–Crippen MR) is 128 cm³/mol. The number of hydrogen-bond acceptors (Lipinski definition) is 5. The van der Waals surface area contributed by atoms with Gasteiger partial charge in [-0.25, -0.2) is 22.7 Å². The Labute approximate surface area is 201 Å². The van der Waals surface area contributed by atoms with Crippen LogP contribution in [0.25, 0.3) is 22.4 Å². The number of sulfonamides is 1. The molecular weight excluding hydrogens is 473 g/mol. The number of primary sulfonamides is 1. The molecule has 10 heteroatoms. The number of benzene rings is 3. The van der Waals surface area contributed by atoms with Crippen LogP contribution >= 0.6 is 0 Å². The van der Waals surface area contributed by atoms with Gasteiger partial charge in [-0.2, -0.15) is 5.10 Å². The fraction of sp³-hybridized carbons (Fsp3) is 0.120. The first kappa shape index (κ1) is 24.1. The van der Waals surface area contributed by atoms with Gasteiger partial charge in [0.05, 0.1) is 12.0 Å². The van der Waals surface area contributed by atoms with Gasteiger partial charge in [0.25, 0.3) is 0 Å². The number of hydrogen-bond donors (Lipinski definition) is 2. The van der Waals surface area contributed by atoms with Crippen LogP contribution in [0.2, 0.25) is 0 Å². The van der Waals surface area contributed by atoms with E-state index in [1.54, 1.807) is 6.07 Å². The molecule has 0 bridgehead atoms. The Hall–Kier alpha value is -4.02. The van der Waals surface area contributed by atoms with E-state index in [1.165, 1.54) is 48.2 Å². The third kappa shape index (κ3) is 5.08. The second kappa shape index (κ2) is 9.69. The van der Waals surface area contributed by atoms with Crippen LogP contribution < -0.4 is 9.88 Å². The lowest BCUT2D eigenvalue weighted by Crippen LogP contribution is -2.12. The number of halogens is 1. The van der Waals surface area contributed by atoms with Crippen LogP contribution in [0.5, 0.6) is 5.75 Å². The molecule has 0 aliphatic rings. The molecule has 0 saturated heterocycles. The van der Waals surface area contributed by atoms with Gasteiger partial charge in [0.1, 0.15) is 5.69 Å². The SMILES string of the molecule is COc1ccc(-c2c(-c3ccc(S(N)(=O)=O)cc3)nn(CCc3ccccc3)c2C(=O)O)cc1F. The van der Waals surface area contributed by atoms with E-state index >= 15 is 0 Å². The molecule has 0 fully saturated rings. The van der Waals surface area contributed by atoms with Gasteiger partial charge in [0, 0.05) is 17.7 Å². The molecule has 0 spiro atoms. The monoisotopic (exact) mass is 495 g/mol. The van der Waals surface area contributed by atoms with E-state index in [1.807, 2.05) is 30.3 Å². The largest absolute Gasteiger partial charge is 0.494 e. The molecule has 35 heavy (non-hydrogen) atoms. The topological polar surface area (TPSA) is 125 Å². The average Bonchev–Trinajstić information content (AvgIpc) is 3.23. The zero-order valence-electron chi connectivity index (χ0n) is 18.7. The summed E-state index contributed by atoms with van der Waals surface area (Å²) in [4.78, 5) is 12.3. The minimum absolute atomic E-state index is 0.0150. The first-order chi connectivity index (χ1) is 16.7. The summed E-state index contributed by atoms with van der Waals surface area (Å²) in [5, 5.41) is 19.9. The van der Waals surface area contributed by atoms with Crippen molar-refractivity contribution in [1.29, 1.82) is 0 Å². The third-order valence-electron chi connectivity index (χ3n) is 5.51. The van der Waals surface area contributed by atoms with E-state index in [0.717, 1.165) is 5.56 Å². The fourth-order valence-corrected chi connectivity index (χ4v) is 4.34. The van der Waals surface area contributed by atoms with Crippen molar-refractivity contribution in [1.82, 2.24) is 9.78 Å². The number of ether oxygens (including phenoxy) is 1. The molecule has 4 aromatic rings. The number of methoxy groups -OCH3 is 1. The number of aryl methyl sites for hydroxylation is 2. The number of aromatic carboxylic acids is 1. The Kier molecular flexibility index (Phi) is 6.68. The molecule has 3 N–H and O–H groups in total. The number of rotatable bonds is 8. The molecule has 8 nitrogen and oxygen atoms in total. The third-order valence-corrected chi connectivity index (χ3v) is 6.44. The first-order valence-electron chi connectivity index (χ1n) is 10.5. The van der Waals surface area contributed by atoms with Crippen molar-refractivity contribution in [3.05, 3.63) is 89.9 Å². The van der Waals surface area contributed by atoms with E-state index < -0.39 is 21.8 Å². The lowest BCUT2D eigenvalue weighted by Gasteiger charge is -2.09. The van der Waals surface area contributed by atoms with Crippen LogP contribution in [-0.2, 0) is 23.0 Å². The molecule has 180 valence electrons. The smallest absolute Gasteiger partial charge is 0.354 e. The number of aromatic nitrogens is 2. The van der Waals surface area contributed by atoms with Crippen LogP contribution in [0.4, 0.5) is 4.39 Å². The average molecular weight is 496 g/mol. The number of nitrogens with two attached hydrogens (primary N) is 1. The summed E-state index contributed by atoms with van der Waals surface area (Å²) in [5.74, 6) is -1.88. The van der Waals surface area contributed by atoms with E-state index in [0.29, 0.717) is 12.0 Å². The zero-order chi connectivity index (χ0) is 25.2. The van der Waals surface area contributed by atoms with E-state index in [4.69, 9.17) is 9.88 Å². The van der Waals surface area contributed by atoms with E-state index in [2.05, 4.69) is 5.10 Å². The first-order valence-corrected chi connectivity index (χ1v) is 12.1. The molecule has 3 aromatic carbocycles. The van der Waals surface area contributed by atoms with Gasteiger partial charge in [-0.15, -0.1) is 0 Å². The normalized spacial score (nSPS) is 11.4. The van der Waals surface area contributed by atoms with Gasteiger partial charge < -0.3 is 9.84 Å². The Morgan fingerprint density at radius 1 is 1.06 bits per heavy atom. The molecule has 0 aliphatic carbocycles. The summed E-state index contributed by atoms with van der Waals surface area (Å²) in [5.41, 5.74) is 2.09. The Balaban J connectivity index is 1.89. The molecule has 0 amide bonds. The highest BCUT2D eigenvalue weighted by Gasteiger charge is 2.26. The lowest BCUT2D eigenvalue weighted by atomic mass is 9.98. The number of carbonyl (C=O) groups is 1. The predicted octanol–water partition coefficient (Wildman–Crippen LogP) is 3.95. The number of nitrogens with zero attached hydrogens (tertiary/aromatic N) is 2. The Morgan fingerprint density at radius 3 is 2.29 bits per heavy atom. The second-order valence-electron chi connectivity index (χ2n) is 7.75. The molecule has 0 radical (unpaired) electrons. The number of carboxylic acid groups (broad SMARTS) is 1. The van der Waals surface area contributed by atoms with Crippen molar-refractivity contribution in [3.8, 4) is 28.1 Å². The van der Waals surface area contributed by atoms with Gasteiger partial charge in [0.2, 0.25) is 10.0 Å². The molecule has 0 atom stereocenters. The van der Waals surface area contributed by atoms with Crippen LogP contribution in [0.15, 0.2) is 77.7 Å². The minimum Gasteiger partial charge on any atom is -0.494 e. The summed E-state index contributed by atoms with van der Waals surface area (Å²) in [6, 6.07) is 19.3. The molecule has 0 unspecified atom stereocenters. The van der Waals surface area contributed by atoms with Gasteiger partial charge in [-0.1, -0.05) is 48.5 Å². The maximum Gasteiger partial charge on any atom is 0.354 e. The van der Waals surface area contributed by atoms with Gasteiger partial charge in [-0.3, -0.25) is 4.68 Å². The highest BCUT2D eigenvalue weighted by Crippen LogP contribution is 2.37. The maximum absolute atomic E-state index is 14.6. The molecule has 1 heterocycles.